The minimum atomic E-state index is -0.431. The molecule has 1 N–H and O–H groups in total. The Morgan fingerprint density at radius 2 is 2.12 bits per heavy atom. The first-order valence-electron chi connectivity index (χ1n) is 8.77. The number of carbonyl (C=O) groups excluding carboxylic acids is 1. The number of hydrogen-bond donors (Lipinski definition) is 1. The maximum absolute atomic E-state index is 12.0. The van der Waals surface area contributed by atoms with Crippen molar-refractivity contribution in [2.75, 3.05) is 13.1 Å². The van der Waals surface area contributed by atoms with Crippen LogP contribution in [-0.4, -0.2) is 40.9 Å². The first-order valence-corrected chi connectivity index (χ1v) is 8.77. The van der Waals surface area contributed by atoms with Gasteiger partial charge in [0.25, 0.3) is 0 Å². The van der Waals surface area contributed by atoms with Crippen molar-refractivity contribution in [2.24, 2.45) is 11.8 Å². The van der Waals surface area contributed by atoms with Crippen LogP contribution in [0.2, 0.25) is 0 Å². The second-order valence-electron chi connectivity index (χ2n) is 8.15. The van der Waals surface area contributed by atoms with E-state index in [0.29, 0.717) is 24.4 Å². The van der Waals surface area contributed by atoms with E-state index in [-0.39, 0.29) is 6.09 Å². The lowest BCUT2D eigenvalue weighted by Crippen LogP contribution is -2.53. The fraction of sp³-hybridized carbons (Fsp3) is 0.778. The van der Waals surface area contributed by atoms with Gasteiger partial charge in [0.1, 0.15) is 5.60 Å². The van der Waals surface area contributed by atoms with E-state index in [1.165, 1.54) is 0 Å². The van der Waals surface area contributed by atoms with E-state index in [1.807, 2.05) is 33.8 Å². The molecule has 6 heteroatoms. The van der Waals surface area contributed by atoms with E-state index in [4.69, 9.17) is 9.26 Å². The summed E-state index contributed by atoms with van der Waals surface area (Å²) in [6.07, 6.45) is 0.842. The number of aromatic nitrogens is 1. The summed E-state index contributed by atoms with van der Waals surface area (Å²) in [7, 11) is 0. The van der Waals surface area contributed by atoms with E-state index >= 15 is 0 Å². The van der Waals surface area contributed by atoms with Gasteiger partial charge in [-0.1, -0.05) is 19.0 Å². The summed E-state index contributed by atoms with van der Waals surface area (Å²) in [6.45, 7) is 14.3. The van der Waals surface area contributed by atoms with Gasteiger partial charge >= 0.3 is 6.09 Å². The minimum Gasteiger partial charge on any atom is -0.444 e. The molecule has 0 saturated carbocycles. The van der Waals surface area contributed by atoms with Crippen LogP contribution in [-0.2, 0) is 11.3 Å². The summed E-state index contributed by atoms with van der Waals surface area (Å²) in [6, 6.07) is 2.35. The zero-order valence-electron chi connectivity index (χ0n) is 15.8. The molecular formula is C18H31N3O3. The molecule has 0 aliphatic carbocycles. The lowest BCUT2D eigenvalue weighted by atomic mass is 9.88. The second-order valence-corrected chi connectivity index (χ2v) is 8.15. The fourth-order valence-corrected chi connectivity index (χ4v) is 2.88. The molecule has 1 saturated heterocycles. The number of likely N-dealkylation sites (tertiary alicyclic amines) is 1. The van der Waals surface area contributed by atoms with Crippen LogP contribution >= 0.6 is 0 Å². The van der Waals surface area contributed by atoms with Crippen molar-refractivity contribution in [2.45, 2.75) is 66.2 Å². The van der Waals surface area contributed by atoms with Gasteiger partial charge in [-0.25, -0.2) is 4.79 Å². The lowest BCUT2D eigenvalue weighted by molar-refractivity contribution is -0.00431. The molecule has 0 bridgehead atoms. The molecule has 1 aliphatic rings. The Morgan fingerprint density at radius 3 is 2.62 bits per heavy atom. The van der Waals surface area contributed by atoms with Gasteiger partial charge in [0.2, 0.25) is 0 Å². The van der Waals surface area contributed by atoms with Crippen molar-refractivity contribution in [3.8, 4) is 0 Å². The predicted octanol–water partition coefficient (Wildman–Crippen LogP) is 3.35. The number of carbonyl (C=O) groups is 1. The third kappa shape index (κ3) is 5.51. The van der Waals surface area contributed by atoms with Crippen LogP contribution in [0.3, 0.4) is 0 Å². The molecule has 24 heavy (non-hydrogen) atoms. The lowest BCUT2D eigenvalue weighted by Gasteiger charge is -2.41. The van der Waals surface area contributed by atoms with Crippen LogP contribution in [0.4, 0.5) is 4.79 Å². The van der Waals surface area contributed by atoms with E-state index in [0.717, 1.165) is 31.0 Å². The molecular weight excluding hydrogens is 306 g/mol. The Bertz CT molecular complexity index is 542. The van der Waals surface area contributed by atoms with Crippen molar-refractivity contribution in [3.63, 3.8) is 0 Å². The summed E-state index contributed by atoms with van der Waals surface area (Å²) in [5.41, 5.74) is 0.472. The zero-order valence-corrected chi connectivity index (χ0v) is 15.8. The van der Waals surface area contributed by atoms with E-state index in [9.17, 15) is 4.79 Å². The number of aryl methyl sites for hydroxylation is 1. The molecule has 2 rings (SSSR count). The highest BCUT2D eigenvalue weighted by Gasteiger charge is 2.35. The quantitative estimate of drug-likeness (QED) is 0.862. The molecule has 6 nitrogen and oxygen atoms in total. The monoisotopic (exact) mass is 337 g/mol. The van der Waals surface area contributed by atoms with Gasteiger partial charge in [0, 0.05) is 25.2 Å². The molecule has 1 unspecified atom stereocenters. The Labute approximate surface area is 144 Å². The average molecular weight is 337 g/mol. The molecule has 1 aromatic rings. The highest BCUT2D eigenvalue weighted by Crippen LogP contribution is 2.25. The topological polar surface area (TPSA) is 67.6 Å². The summed E-state index contributed by atoms with van der Waals surface area (Å²) in [4.78, 5) is 13.8. The number of nitrogens with one attached hydrogen (secondary N) is 1. The van der Waals surface area contributed by atoms with Gasteiger partial charge < -0.3 is 19.5 Å². The van der Waals surface area contributed by atoms with Gasteiger partial charge in [-0.15, -0.1) is 0 Å². The Morgan fingerprint density at radius 1 is 1.46 bits per heavy atom. The summed E-state index contributed by atoms with van der Waals surface area (Å²) in [5.74, 6) is 1.90. The largest absolute Gasteiger partial charge is 0.444 e. The third-order valence-corrected chi connectivity index (χ3v) is 4.22. The summed E-state index contributed by atoms with van der Waals surface area (Å²) < 4.78 is 10.7. The van der Waals surface area contributed by atoms with Gasteiger partial charge in [-0.2, -0.15) is 0 Å². The van der Waals surface area contributed by atoms with Crippen molar-refractivity contribution in [1.82, 2.24) is 15.4 Å². The van der Waals surface area contributed by atoms with Gasteiger partial charge in [0.05, 0.1) is 12.2 Å². The molecule has 1 aromatic heterocycles. The van der Waals surface area contributed by atoms with E-state index in [2.05, 4.69) is 24.3 Å². The normalized spacial score (nSPS) is 17.0. The first-order chi connectivity index (χ1) is 11.1. The number of hydrogen-bond acceptors (Lipinski definition) is 5. The highest BCUT2D eigenvalue weighted by atomic mass is 16.6. The zero-order chi connectivity index (χ0) is 17.9. The molecule has 1 aliphatic heterocycles. The molecule has 2 heterocycles. The predicted molar refractivity (Wildman–Crippen MR) is 92.6 cm³/mol. The number of rotatable bonds is 6. The van der Waals surface area contributed by atoms with Gasteiger partial charge in [-0.3, -0.25) is 0 Å². The summed E-state index contributed by atoms with van der Waals surface area (Å²) >= 11 is 0. The highest BCUT2D eigenvalue weighted by molar-refractivity contribution is 5.69. The molecule has 0 spiro atoms. The van der Waals surface area contributed by atoms with Crippen LogP contribution in [0, 0.1) is 18.8 Å². The van der Waals surface area contributed by atoms with Gasteiger partial charge in [0.15, 0.2) is 5.76 Å². The van der Waals surface area contributed by atoms with E-state index in [1.54, 1.807) is 4.90 Å². The van der Waals surface area contributed by atoms with Crippen LogP contribution in [0.5, 0.6) is 0 Å². The second kappa shape index (κ2) is 7.55. The van der Waals surface area contributed by atoms with Crippen molar-refractivity contribution >= 4 is 6.09 Å². The maximum atomic E-state index is 12.0. The number of nitrogens with zero attached hydrogens (tertiary/aromatic N) is 2. The van der Waals surface area contributed by atoms with Crippen LogP contribution in [0.1, 0.15) is 52.5 Å². The molecule has 136 valence electrons. The molecule has 0 aromatic carbocycles. The molecule has 1 amide bonds. The Balaban J connectivity index is 1.75. The van der Waals surface area contributed by atoms with Gasteiger partial charge in [-0.05, 0) is 46.0 Å². The van der Waals surface area contributed by atoms with Crippen molar-refractivity contribution in [1.29, 1.82) is 0 Å². The maximum Gasteiger partial charge on any atom is 0.410 e. The third-order valence-electron chi connectivity index (χ3n) is 4.22. The van der Waals surface area contributed by atoms with Crippen LogP contribution < -0.4 is 5.32 Å². The number of ether oxygens (including phenoxy) is 1. The van der Waals surface area contributed by atoms with Crippen LogP contribution in [0.15, 0.2) is 10.6 Å². The molecule has 1 atom stereocenters. The van der Waals surface area contributed by atoms with Crippen molar-refractivity contribution < 1.29 is 14.1 Å². The number of amides is 1. The van der Waals surface area contributed by atoms with Crippen LogP contribution in [0.25, 0.3) is 0 Å². The SMILES string of the molecule is Cc1cc(CNC(CC2CN(C(=O)OC(C)(C)C)C2)C(C)C)on1. The first kappa shape index (κ1) is 18.8. The fourth-order valence-electron chi connectivity index (χ4n) is 2.88. The molecule has 1 fully saturated rings. The standard InChI is InChI=1S/C18H31N3O3/c1-12(2)16(19-9-15-7-13(3)20-24-15)8-14-10-21(11-14)17(22)23-18(4,5)6/h7,12,14,16,19H,8-11H2,1-6H3. The minimum absolute atomic E-state index is 0.204. The molecule has 0 radical (unpaired) electrons. The van der Waals surface area contributed by atoms with E-state index < -0.39 is 5.60 Å². The average Bonchev–Trinajstić information content (AvgIpc) is 2.79. The summed E-state index contributed by atoms with van der Waals surface area (Å²) in [5, 5.41) is 7.47. The Hall–Kier alpha value is -1.56. The van der Waals surface area contributed by atoms with Crippen molar-refractivity contribution in [3.05, 3.63) is 17.5 Å². The smallest absolute Gasteiger partial charge is 0.410 e. The Kier molecular flexibility index (Phi) is 5.91.